The molecule has 31 heavy (non-hydrogen) atoms. The molecule has 2 aromatic carbocycles. The summed E-state index contributed by atoms with van der Waals surface area (Å²) in [6.45, 7) is 8.60. The van der Waals surface area contributed by atoms with Crippen molar-refractivity contribution in [2.45, 2.75) is 52.9 Å². The highest BCUT2D eigenvalue weighted by Gasteiger charge is 2.18. The molecule has 2 rings (SSSR count). The number of carbonyl (C=O) groups is 2. The predicted octanol–water partition coefficient (Wildman–Crippen LogP) is 4.89. The number of rotatable bonds is 12. The van der Waals surface area contributed by atoms with Crippen LogP contribution in [-0.2, 0) is 42.4 Å². The number of nitrogens with zero attached hydrogens (tertiary/aromatic N) is 1. The molecule has 0 radical (unpaired) electrons. The minimum Gasteiger partial charge on any atom is -0.459 e. The summed E-state index contributed by atoms with van der Waals surface area (Å²) in [6, 6.07) is 18.5. The van der Waals surface area contributed by atoms with Gasteiger partial charge in [-0.2, -0.15) is 0 Å². The van der Waals surface area contributed by atoms with E-state index < -0.39 is 12.0 Å². The molecule has 0 saturated carbocycles. The van der Waals surface area contributed by atoms with Gasteiger partial charge in [-0.1, -0.05) is 86.5 Å². The van der Waals surface area contributed by atoms with E-state index in [9.17, 15) is 4.79 Å². The zero-order valence-electron chi connectivity index (χ0n) is 18.6. The molecule has 7 heteroatoms. The summed E-state index contributed by atoms with van der Waals surface area (Å²) in [4.78, 5) is 34.5. The van der Waals surface area contributed by atoms with E-state index in [-0.39, 0.29) is 19.8 Å². The van der Waals surface area contributed by atoms with Crippen LogP contribution in [0, 0.1) is 0 Å². The van der Waals surface area contributed by atoms with Crippen molar-refractivity contribution in [2.75, 3.05) is 6.61 Å². The maximum Gasteiger partial charge on any atom is 0.331 e. The van der Waals surface area contributed by atoms with E-state index in [0.29, 0.717) is 6.42 Å². The van der Waals surface area contributed by atoms with Crippen LogP contribution < -0.4 is 0 Å². The average molecular weight is 432 g/mol. The zero-order valence-corrected chi connectivity index (χ0v) is 18.6. The van der Waals surface area contributed by atoms with Gasteiger partial charge in [0.2, 0.25) is 0 Å². The Morgan fingerprint density at radius 1 is 0.935 bits per heavy atom. The highest BCUT2D eigenvalue weighted by Crippen LogP contribution is 2.07. The van der Waals surface area contributed by atoms with Crippen LogP contribution in [0.3, 0.4) is 0 Å². The Labute approximate surface area is 184 Å². The van der Waals surface area contributed by atoms with Gasteiger partial charge in [0.1, 0.15) is 26.0 Å². The minimum atomic E-state index is -0.633. The summed E-state index contributed by atoms with van der Waals surface area (Å²) in [6.07, 6.45) is 2.76. The van der Waals surface area contributed by atoms with E-state index in [4.69, 9.17) is 24.3 Å². The molecular weight excluding hydrogens is 398 g/mol. The first-order valence-corrected chi connectivity index (χ1v) is 10.3. The standard InChI is InChI=1S/C21H25NO5.C2H6.CH2O/c1-2-14-22-20(21(23)24-16-18-9-5-3-6-10-18)13-15-25-27-26-17-19-11-7-4-8-12-19;2*1-2/h3-12,14,20H,2,13,15-17H2,1H3;1-2H3;1H2/t20-;;/m0../s1. The lowest BCUT2D eigenvalue weighted by molar-refractivity contribution is -0.518. The van der Waals surface area contributed by atoms with Crippen molar-refractivity contribution in [1.29, 1.82) is 0 Å². The lowest BCUT2D eigenvalue weighted by Crippen LogP contribution is -2.23. The summed E-state index contributed by atoms with van der Waals surface area (Å²) < 4.78 is 5.34. The van der Waals surface area contributed by atoms with Crippen LogP contribution in [0.4, 0.5) is 0 Å². The third-order valence-corrected chi connectivity index (χ3v) is 3.60. The monoisotopic (exact) mass is 431 g/mol. The summed E-state index contributed by atoms with van der Waals surface area (Å²) >= 11 is 0. The number of ether oxygens (including phenoxy) is 1. The Balaban J connectivity index is 0.00000212. The molecule has 0 N–H and O–H groups in total. The van der Waals surface area contributed by atoms with Crippen molar-refractivity contribution in [3.8, 4) is 0 Å². The molecule has 7 nitrogen and oxygen atoms in total. The molecule has 1 atom stereocenters. The Morgan fingerprint density at radius 2 is 1.48 bits per heavy atom. The molecule has 170 valence electrons. The van der Waals surface area contributed by atoms with Crippen molar-refractivity contribution >= 4 is 19.0 Å². The van der Waals surface area contributed by atoms with E-state index >= 15 is 0 Å². The molecule has 0 saturated heterocycles. The fourth-order valence-electron chi connectivity index (χ4n) is 2.20. The van der Waals surface area contributed by atoms with Crippen LogP contribution in [0.25, 0.3) is 0 Å². The van der Waals surface area contributed by atoms with E-state index in [2.05, 4.69) is 4.99 Å². The summed E-state index contributed by atoms with van der Waals surface area (Å²) in [5.41, 5.74) is 1.90. The third kappa shape index (κ3) is 13.9. The van der Waals surface area contributed by atoms with E-state index in [0.717, 1.165) is 17.5 Å². The van der Waals surface area contributed by atoms with Crippen LogP contribution in [-0.4, -0.2) is 31.6 Å². The topological polar surface area (TPSA) is 83.4 Å². The van der Waals surface area contributed by atoms with E-state index in [1.165, 1.54) is 0 Å². The molecular formula is C24H33NO6. The van der Waals surface area contributed by atoms with Gasteiger partial charge in [0.05, 0.1) is 6.61 Å². The fraction of sp³-hybridized carbons (Fsp3) is 0.375. The molecule has 0 aliphatic heterocycles. The second kappa shape index (κ2) is 20.4. The highest BCUT2D eigenvalue weighted by molar-refractivity contribution is 5.78. The van der Waals surface area contributed by atoms with Gasteiger partial charge in [-0.3, -0.25) is 4.99 Å². The van der Waals surface area contributed by atoms with Crippen molar-refractivity contribution in [2.24, 2.45) is 4.99 Å². The quantitative estimate of drug-likeness (QED) is 0.156. The first-order valence-electron chi connectivity index (χ1n) is 10.3. The second-order valence-corrected chi connectivity index (χ2v) is 5.78. The molecule has 0 bridgehead atoms. The third-order valence-electron chi connectivity index (χ3n) is 3.60. The molecule has 2 aromatic rings. The summed E-state index contributed by atoms with van der Waals surface area (Å²) in [7, 11) is 0. The number of carbonyl (C=O) groups excluding carboxylic acids is 2. The number of hydrogen-bond acceptors (Lipinski definition) is 7. The van der Waals surface area contributed by atoms with E-state index in [1.807, 2.05) is 88.2 Å². The van der Waals surface area contributed by atoms with Gasteiger partial charge in [0.25, 0.3) is 0 Å². The maximum atomic E-state index is 12.3. The first kappa shape index (κ1) is 28.1. The van der Waals surface area contributed by atoms with Gasteiger partial charge in [0.15, 0.2) is 0 Å². The molecule has 0 heterocycles. The first-order chi connectivity index (χ1) is 15.3. The van der Waals surface area contributed by atoms with Gasteiger partial charge in [-0.05, 0) is 23.8 Å². The second-order valence-electron chi connectivity index (χ2n) is 5.78. The fourth-order valence-corrected chi connectivity index (χ4v) is 2.20. The zero-order chi connectivity index (χ0) is 23.2. The van der Waals surface area contributed by atoms with Crippen molar-refractivity contribution < 1.29 is 29.1 Å². The molecule has 0 fully saturated rings. The Bertz CT molecular complexity index is 694. The van der Waals surface area contributed by atoms with E-state index in [1.54, 1.807) is 6.21 Å². The maximum absolute atomic E-state index is 12.3. The van der Waals surface area contributed by atoms with Gasteiger partial charge in [-0.25, -0.2) is 14.6 Å². The van der Waals surface area contributed by atoms with Gasteiger partial charge >= 0.3 is 5.97 Å². The summed E-state index contributed by atoms with van der Waals surface area (Å²) in [5.74, 6) is -0.391. The summed E-state index contributed by atoms with van der Waals surface area (Å²) in [5, 5.41) is 4.70. The van der Waals surface area contributed by atoms with Crippen molar-refractivity contribution in [1.82, 2.24) is 0 Å². The predicted molar refractivity (Wildman–Crippen MR) is 120 cm³/mol. The van der Waals surface area contributed by atoms with Crippen molar-refractivity contribution in [3.63, 3.8) is 0 Å². The van der Waals surface area contributed by atoms with Gasteiger partial charge in [0, 0.05) is 6.42 Å². The van der Waals surface area contributed by atoms with Crippen LogP contribution in [0.5, 0.6) is 0 Å². The SMILES string of the molecule is C=O.CC.CCC=N[C@@H](CCOOOCc1ccccc1)C(=O)OCc1ccccc1. The number of esters is 1. The molecule has 0 amide bonds. The molecule has 0 unspecified atom stereocenters. The van der Waals surface area contributed by atoms with Crippen LogP contribution in [0.2, 0.25) is 0 Å². The van der Waals surface area contributed by atoms with Crippen LogP contribution in [0.15, 0.2) is 65.7 Å². The molecule has 0 aromatic heterocycles. The minimum absolute atomic E-state index is 0.154. The smallest absolute Gasteiger partial charge is 0.331 e. The number of aliphatic imine (C=N–C) groups is 1. The molecule has 0 aliphatic carbocycles. The number of hydrogen-bond donors (Lipinski definition) is 0. The Morgan fingerprint density at radius 3 is 2.03 bits per heavy atom. The van der Waals surface area contributed by atoms with Gasteiger partial charge < -0.3 is 9.53 Å². The normalized spacial score (nSPS) is 10.9. The lowest BCUT2D eigenvalue weighted by atomic mass is 10.2. The Kier molecular flexibility index (Phi) is 18.5. The molecule has 0 spiro atoms. The van der Waals surface area contributed by atoms with Crippen molar-refractivity contribution in [3.05, 3.63) is 71.8 Å². The van der Waals surface area contributed by atoms with Crippen LogP contribution >= 0.6 is 0 Å². The highest BCUT2D eigenvalue weighted by atomic mass is 17.5. The largest absolute Gasteiger partial charge is 0.459 e. The molecule has 0 aliphatic rings. The number of benzene rings is 2. The lowest BCUT2D eigenvalue weighted by Gasteiger charge is -2.12. The van der Waals surface area contributed by atoms with Gasteiger partial charge in [-0.15, -0.1) is 0 Å². The average Bonchev–Trinajstić information content (AvgIpc) is 2.85. The Hall–Kier alpha value is -2.87. The van der Waals surface area contributed by atoms with Crippen LogP contribution in [0.1, 0.15) is 44.7 Å².